The Morgan fingerprint density at radius 3 is 2.48 bits per heavy atom. The normalized spacial score (nSPS) is 52.0. The van der Waals surface area contributed by atoms with Gasteiger partial charge in [0.25, 0.3) is 0 Å². The average Bonchev–Trinajstić information content (AvgIpc) is 2.78. The van der Waals surface area contributed by atoms with Gasteiger partial charge >= 0.3 is 5.97 Å². The summed E-state index contributed by atoms with van der Waals surface area (Å²) in [5.41, 5.74) is -1.79. The number of hydrogen-bond acceptors (Lipinski definition) is 5. The fraction of sp³-hybridized carbons (Fsp3) is 0.864. The van der Waals surface area contributed by atoms with Gasteiger partial charge in [0.05, 0.1) is 5.60 Å². The number of carbonyl (C=O) groups excluding carboxylic acids is 3. The minimum absolute atomic E-state index is 0.0267. The van der Waals surface area contributed by atoms with Crippen LogP contribution in [0.1, 0.15) is 72.6 Å². The average molecular weight is 376 g/mol. The summed E-state index contributed by atoms with van der Waals surface area (Å²) in [6.45, 7) is 7.46. The maximum absolute atomic E-state index is 12.8. The molecule has 150 valence electrons. The van der Waals surface area contributed by atoms with E-state index in [0.717, 1.165) is 25.7 Å². The van der Waals surface area contributed by atoms with E-state index in [1.807, 2.05) is 6.92 Å². The maximum atomic E-state index is 12.8. The number of Topliss-reactive ketones (excluding diaryl/α,β-unsaturated/α-hetero) is 2. The molecular formula is C22H32O5. The number of rotatable bonds is 1. The van der Waals surface area contributed by atoms with Gasteiger partial charge in [0, 0.05) is 42.9 Å². The number of aliphatic hydroxyl groups is 1. The van der Waals surface area contributed by atoms with Crippen LogP contribution < -0.4 is 0 Å². The summed E-state index contributed by atoms with van der Waals surface area (Å²) in [5, 5.41) is 11.3. The molecule has 4 aliphatic rings. The molecule has 4 rings (SSSR count). The zero-order valence-electron chi connectivity index (χ0n) is 16.9. The Morgan fingerprint density at radius 1 is 1.11 bits per heavy atom. The van der Waals surface area contributed by atoms with Crippen LogP contribution in [0.25, 0.3) is 0 Å². The van der Waals surface area contributed by atoms with Crippen LogP contribution in [0, 0.1) is 34.5 Å². The summed E-state index contributed by atoms with van der Waals surface area (Å²) >= 11 is 0. The second-order valence-corrected chi connectivity index (χ2v) is 10.3. The van der Waals surface area contributed by atoms with Gasteiger partial charge in [-0.2, -0.15) is 0 Å². The van der Waals surface area contributed by atoms with Gasteiger partial charge in [0.2, 0.25) is 0 Å². The van der Waals surface area contributed by atoms with Gasteiger partial charge in [-0.25, -0.2) is 0 Å². The van der Waals surface area contributed by atoms with E-state index in [0.29, 0.717) is 12.8 Å². The lowest BCUT2D eigenvalue weighted by molar-refractivity contribution is -0.211. The standard InChI is InChI=1S/C22H32O5/c1-12(23)27-17-10-18(25)20(2)8-7-16-15(19(17)20)6-5-13-9-14(24)11-21(3,26)22(13,16)4/h13,15-17,19,26H,5-11H2,1-4H3/t13-,15+,16-,17-,19+,20+,21+,22-/m0/s1. The molecule has 0 amide bonds. The molecule has 0 radical (unpaired) electrons. The minimum atomic E-state index is -1.02. The lowest BCUT2D eigenvalue weighted by Gasteiger charge is -2.63. The fourth-order valence-electron chi connectivity index (χ4n) is 7.64. The molecule has 5 nitrogen and oxygen atoms in total. The highest BCUT2D eigenvalue weighted by Gasteiger charge is 2.67. The SMILES string of the molecule is CC(=O)O[C@H]1CC(=O)[C@@]2(C)CC[C@H]3[C@@H](CC[C@H]4CC(=O)C[C@@](C)(O)[C@@]43C)[C@H]12. The van der Waals surface area contributed by atoms with E-state index >= 15 is 0 Å². The van der Waals surface area contributed by atoms with Gasteiger partial charge in [-0.1, -0.05) is 13.8 Å². The Hall–Kier alpha value is -1.23. The first kappa shape index (κ1) is 19.1. The van der Waals surface area contributed by atoms with E-state index in [2.05, 4.69) is 13.8 Å². The molecule has 5 heteroatoms. The van der Waals surface area contributed by atoms with Gasteiger partial charge in [0.15, 0.2) is 0 Å². The predicted molar refractivity (Wildman–Crippen MR) is 98.7 cm³/mol. The zero-order valence-corrected chi connectivity index (χ0v) is 16.9. The highest BCUT2D eigenvalue weighted by Crippen LogP contribution is 2.67. The topological polar surface area (TPSA) is 80.7 Å². The van der Waals surface area contributed by atoms with Gasteiger partial charge in [-0.15, -0.1) is 0 Å². The Morgan fingerprint density at radius 2 is 1.81 bits per heavy atom. The molecule has 1 N–H and O–H groups in total. The second-order valence-electron chi connectivity index (χ2n) is 10.3. The van der Waals surface area contributed by atoms with Gasteiger partial charge in [-0.3, -0.25) is 14.4 Å². The molecule has 0 spiro atoms. The van der Waals surface area contributed by atoms with E-state index < -0.39 is 11.0 Å². The number of fused-ring (bicyclic) bond motifs is 5. The summed E-state index contributed by atoms with van der Waals surface area (Å²) in [6.07, 6.45) is 4.27. The van der Waals surface area contributed by atoms with Crippen molar-refractivity contribution < 1.29 is 24.2 Å². The third kappa shape index (κ3) is 2.49. The van der Waals surface area contributed by atoms with Crippen molar-refractivity contribution in [3.63, 3.8) is 0 Å². The lowest BCUT2D eigenvalue weighted by atomic mass is 9.42. The summed E-state index contributed by atoms with van der Waals surface area (Å²) < 4.78 is 5.63. The molecule has 0 saturated heterocycles. The Kier molecular flexibility index (Phi) is 4.16. The van der Waals surface area contributed by atoms with Crippen LogP contribution >= 0.6 is 0 Å². The van der Waals surface area contributed by atoms with E-state index in [1.165, 1.54) is 6.92 Å². The van der Waals surface area contributed by atoms with Crippen molar-refractivity contribution in [1.29, 1.82) is 0 Å². The molecule has 0 aromatic heterocycles. The van der Waals surface area contributed by atoms with Crippen LogP contribution in [-0.4, -0.2) is 34.3 Å². The van der Waals surface area contributed by atoms with E-state index in [1.54, 1.807) is 0 Å². The van der Waals surface area contributed by atoms with Crippen LogP contribution in [-0.2, 0) is 19.1 Å². The van der Waals surface area contributed by atoms with E-state index in [9.17, 15) is 19.5 Å². The molecule has 0 heterocycles. The van der Waals surface area contributed by atoms with Crippen LogP contribution in [0.15, 0.2) is 0 Å². The van der Waals surface area contributed by atoms with E-state index in [-0.39, 0.29) is 59.1 Å². The summed E-state index contributed by atoms with van der Waals surface area (Å²) in [6, 6.07) is 0. The van der Waals surface area contributed by atoms with Gasteiger partial charge in [-0.05, 0) is 50.4 Å². The van der Waals surface area contributed by atoms with Crippen LogP contribution in [0.2, 0.25) is 0 Å². The van der Waals surface area contributed by atoms with Crippen molar-refractivity contribution >= 4 is 17.5 Å². The zero-order chi connectivity index (χ0) is 19.8. The number of carbonyl (C=O) groups is 3. The molecule has 4 fully saturated rings. The third-order valence-corrected chi connectivity index (χ3v) is 9.07. The smallest absolute Gasteiger partial charge is 0.302 e. The summed E-state index contributed by atoms with van der Waals surface area (Å²) in [5.74, 6) is 0.782. The quantitative estimate of drug-likeness (QED) is 0.712. The largest absolute Gasteiger partial charge is 0.462 e. The van der Waals surface area contributed by atoms with Crippen molar-refractivity contribution in [1.82, 2.24) is 0 Å². The van der Waals surface area contributed by atoms with Crippen molar-refractivity contribution in [2.45, 2.75) is 84.3 Å². The number of ether oxygens (including phenoxy) is 1. The summed E-state index contributed by atoms with van der Waals surface area (Å²) in [7, 11) is 0. The van der Waals surface area contributed by atoms with Gasteiger partial charge in [0.1, 0.15) is 17.7 Å². The monoisotopic (exact) mass is 376 g/mol. The fourth-order valence-corrected chi connectivity index (χ4v) is 7.64. The van der Waals surface area contributed by atoms with Crippen molar-refractivity contribution in [3.05, 3.63) is 0 Å². The van der Waals surface area contributed by atoms with E-state index in [4.69, 9.17) is 4.74 Å². The molecule has 0 aliphatic heterocycles. The Labute approximate surface area is 161 Å². The van der Waals surface area contributed by atoms with Crippen molar-refractivity contribution in [2.75, 3.05) is 0 Å². The van der Waals surface area contributed by atoms with Crippen LogP contribution in [0.4, 0.5) is 0 Å². The Balaban J connectivity index is 1.73. The maximum Gasteiger partial charge on any atom is 0.302 e. The lowest BCUT2D eigenvalue weighted by Crippen LogP contribution is -2.64. The highest BCUT2D eigenvalue weighted by atomic mass is 16.5. The Bertz CT molecular complexity index is 697. The molecule has 4 aliphatic carbocycles. The molecule has 0 bridgehead atoms. The summed E-state index contributed by atoms with van der Waals surface area (Å²) in [4.78, 5) is 36.7. The second kappa shape index (κ2) is 5.88. The first-order valence-corrected chi connectivity index (χ1v) is 10.5. The molecular weight excluding hydrogens is 344 g/mol. The predicted octanol–water partition coefficient (Wildman–Crippen LogP) is 3.07. The minimum Gasteiger partial charge on any atom is -0.462 e. The highest BCUT2D eigenvalue weighted by molar-refractivity contribution is 5.88. The first-order valence-electron chi connectivity index (χ1n) is 10.5. The van der Waals surface area contributed by atoms with Gasteiger partial charge < -0.3 is 9.84 Å². The molecule has 4 saturated carbocycles. The molecule has 0 aromatic rings. The van der Waals surface area contributed by atoms with Crippen molar-refractivity contribution in [2.24, 2.45) is 34.5 Å². The number of hydrogen-bond donors (Lipinski definition) is 1. The number of ketones is 2. The molecule has 8 atom stereocenters. The first-order chi connectivity index (χ1) is 12.5. The molecule has 0 aromatic carbocycles. The van der Waals surface area contributed by atoms with Crippen LogP contribution in [0.5, 0.6) is 0 Å². The molecule has 0 unspecified atom stereocenters. The van der Waals surface area contributed by atoms with Crippen molar-refractivity contribution in [3.8, 4) is 0 Å². The molecule has 27 heavy (non-hydrogen) atoms. The van der Waals surface area contributed by atoms with Crippen LogP contribution in [0.3, 0.4) is 0 Å². The number of esters is 1. The third-order valence-electron chi connectivity index (χ3n) is 9.07.